The minimum absolute atomic E-state index is 0.973. The SMILES string of the molecule is c1ccc(-n2c3ccccc3c3ccc(-n4c5ccccc5c5cc(-n6c7ccccc7c7cccnc76)ccc54)cc32)cc1. The van der Waals surface area contributed by atoms with Crippen LogP contribution in [0.15, 0.2) is 158 Å². The van der Waals surface area contributed by atoms with Crippen molar-refractivity contribution in [3.8, 4) is 17.1 Å². The summed E-state index contributed by atoms with van der Waals surface area (Å²) in [5.74, 6) is 0. The Morgan fingerprint density at radius 1 is 0.311 bits per heavy atom. The van der Waals surface area contributed by atoms with E-state index in [1.807, 2.05) is 12.3 Å². The third kappa shape index (κ3) is 3.39. The molecule has 0 spiro atoms. The maximum absolute atomic E-state index is 4.83. The summed E-state index contributed by atoms with van der Waals surface area (Å²) in [5.41, 5.74) is 10.3. The van der Waals surface area contributed by atoms with Crippen LogP contribution in [0.2, 0.25) is 0 Å². The Morgan fingerprint density at radius 2 is 0.822 bits per heavy atom. The molecule has 0 saturated carbocycles. The maximum Gasteiger partial charge on any atom is 0.145 e. The first-order valence-electron chi connectivity index (χ1n) is 15.3. The average Bonchev–Trinajstić information content (AvgIpc) is 3.74. The molecular weight excluding hydrogens is 548 g/mol. The third-order valence-corrected chi connectivity index (χ3v) is 9.28. The fraction of sp³-hybridized carbons (Fsp3) is 0. The molecule has 4 nitrogen and oxygen atoms in total. The Hall–Kier alpha value is -6.13. The Labute approximate surface area is 258 Å². The van der Waals surface area contributed by atoms with Crippen molar-refractivity contribution >= 4 is 65.5 Å². The highest BCUT2D eigenvalue weighted by Gasteiger charge is 2.18. The molecular formula is C41H26N4. The van der Waals surface area contributed by atoms with Gasteiger partial charge in [0.1, 0.15) is 5.65 Å². The third-order valence-electron chi connectivity index (χ3n) is 9.28. The highest BCUT2D eigenvalue weighted by atomic mass is 15.1. The molecule has 0 N–H and O–H groups in total. The molecule has 0 aliphatic carbocycles. The number of nitrogens with zero attached hydrogens (tertiary/aromatic N) is 4. The maximum atomic E-state index is 4.83. The number of aromatic nitrogens is 4. The van der Waals surface area contributed by atoms with Crippen LogP contribution in [-0.2, 0) is 0 Å². The Balaban J connectivity index is 1.25. The van der Waals surface area contributed by atoms with E-state index < -0.39 is 0 Å². The van der Waals surface area contributed by atoms with Crippen LogP contribution in [-0.4, -0.2) is 18.7 Å². The van der Waals surface area contributed by atoms with Gasteiger partial charge < -0.3 is 9.13 Å². The van der Waals surface area contributed by atoms with E-state index in [0.29, 0.717) is 0 Å². The van der Waals surface area contributed by atoms with Gasteiger partial charge in [0, 0.05) is 55.6 Å². The summed E-state index contributed by atoms with van der Waals surface area (Å²) < 4.78 is 7.08. The number of fused-ring (bicyclic) bond motifs is 9. The van der Waals surface area contributed by atoms with Crippen molar-refractivity contribution in [1.82, 2.24) is 18.7 Å². The molecule has 4 heteroatoms. The molecule has 0 aliphatic heterocycles. The molecule has 0 fully saturated rings. The minimum atomic E-state index is 0.973. The van der Waals surface area contributed by atoms with Crippen molar-refractivity contribution < 1.29 is 0 Å². The number of pyridine rings is 1. The van der Waals surface area contributed by atoms with Gasteiger partial charge in [-0.3, -0.25) is 4.57 Å². The molecule has 4 heterocycles. The summed E-state index contributed by atoms with van der Waals surface area (Å²) in [6, 6.07) is 54.6. The van der Waals surface area contributed by atoms with Crippen LogP contribution < -0.4 is 0 Å². The summed E-state index contributed by atoms with van der Waals surface area (Å²) in [6.07, 6.45) is 1.88. The van der Waals surface area contributed by atoms with Gasteiger partial charge in [0.15, 0.2) is 0 Å². The lowest BCUT2D eigenvalue weighted by Crippen LogP contribution is -1.97. The summed E-state index contributed by atoms with van der Waals surface area (Å²) in [7, 11) is 0. The zero-order chi connectivity index (χ0) is 29.5. The summed E-state index contributed by atoms with van der Waals surface area (Å²) in [4.78, 5) is 4.83. The Bertz CT molecular complexity index is 2710. The monoisotopic (exact) mass is 574 g/mol. The fourth-order valence-electron chi connectivity index (χ4n) is 7.39. The fourth-order valence-corrected chi connectivity index (χ4v) is 7.39. The van der Waals surface area contributed by atoms with E-state index in [0.717, 1.165) is 33.6 Å². The van der Waals surface area contributed by atoms with Gasteiger partial charge in [-0.2, -0.15) is 0 Å². The molecule has 0 radical (unpaired) electrons. The van der Waals surface area contributed by atoms with Crippen LogP contribution in [0.3, 0.4) is 0 Å². The molecule has 0 atom stereocenters. The van der Waals surface area contributed by atoms with E-state index >= 15 is 0 Å². The second-order valence-electron chi connectivity index (χ2n) is 11.7. The Kier molecular flexibility index (Phi) is 4.96. The predicted molar refractivity (Wildman–Crippen MR) is 187 cm³/mol. The van der Waals surface area contributed by atoms with Crippen LogP contribution in [0.4, 0.5) is 0 Å². The lowest BCUT2D eigenvalue weighted by molar-refractivity contribution is 1.13. The van der Waals surface area contributed by atoms with E-state index in [4.69, 9.17) is 4.98 Å². The van der Waals surface area contributed by atoms with Crippen LogP contribution in [0.1, 0.15) is 0 Å². The van der Waals surface area contributed by atoms with Gasteiger partial charge in [0.2, 0.25) is 0 Å². The number of hydrogen-bond acceptors (Lipinski definition) is 1. The second kappa shape index (κ2) is 9.18. The molecule has 45 heavy (non-hydrogen) atoms. The molecule has 210 valence electrons. The van der Waals surface area contributed by atoms with Gasteiger partial charge in [-0.1, -0.05) is 78.9 Å². The normalized spacial score (nSPS) is 12.0. The lowest BCUT2D eigenvalue weighted by atomic mass is 10.1. The highest BCUT2D eigenvalue weighted by Crippen LogP contribution is 2.38. The van der Waals surface area contributed by atoms with Crippen LogP contribution >= 0.6 is 0 Å². The summed E-state index contributed by atoms with van der Waals surface area (Å²) in [5, 5.41) is 7.33. The number of benzene rings is 6. The van der Waals surface area contributed by atoms with Gasteiger partial charge in [-0.05, 0) is 72.8 Å². The van der Waals surface area contributed by atoms with Crippen LogP contribution in [0, 0.1) is 0 Å². The van der Waals surface area contributed by atoms with E-state index in [-0.39, 0.29) is 0 Å². The quantitative estimate of drug-likeness (QED) is 0.206. The number of para-hydroxylation sites is 4. The lowest BCUT2D eigenvalue weighted by Gasteiger charge is -2.12. The molecule has 6 aromatic carbocycles. The van der Waals surface area contributed by atoms with Crippen molar-refractivity contribution in [2.24, 2.45) is 0 Å². The zero-order valence-electron chi connectivity index (χ0n) is 24.3. The standard InChI is InChI=1S/C41H26N4/c1-2-11-27(12-3-1)43-36-17-7-4-13-30(36)33-22-20-29(26-40(33)43)44-37-18-8-6-15-32(37)35-25-28(21-23-39(35)44)45-38-19-9-5-14-31(38)34-16-10-24-42-41(34)45/h1-26H. The van der Waals surface area contributed by atoms with Crippen molar-refractivity contribution in [2.45, 2.75) is 0 Å². The molecule has 10 aromatic rings. The first kappa shape index (κ1) is 24.3. The molecule has 0 aliphatic rings. The van der Waals surface area contributed by atoms with Gasteiger partial charge >= 0.3 is 0 Å². The summed E-state index contributed by atoms with van der Waals surface area (Å²) >= 11 is 0. The average molecular weight is 575 g/mol. The molecule has 10 rings (SSSR count). The largest absolute Gasteiger partial charge is 0.309 e. The smallest absolute Gasteiger partial charge is 0.145 e. The van der Waals surface area contributed by atoms with Crippen molar-refractivity contribution in [3.63, 3.8) is 0 Å². The van der Waals surface area contributed by atoms with Crippen molar-refractivity contribution in [3.05, 3.63) is 158 Å². The van der Waals surface area contributed by atoms with E-state index in [1.54, 1.807) is 0 Å². The molecule has 0 unspecified atom stereocenters. The first-order chi connectivity index (χ1) is 22.3. The van der Waals surface area contributed by atoms with E-state index in [9.17, 15) is 0 Å². The van der Waals surface area contributed by atoms with Gasteiger partial charge in [-0.25, -0.2) is 4.98 Å². The molecule has 0 amide bonds. The van der Waals surface area contributed by atoms with Crippen molar-refractivity contribution in [1.29, 1.82) is 0 Å². The highest BCUT2D eigenvalue weighted by molar-refractivity contribution is 6.13. The number of hydrogen-bond donors (Lipinski definition) is 0. The topological polar surface area (TPSA) is 27.7 Å². The predicted octanol–water partition coefficient (Wildman–Crippen LogP) is 10.4. The molecule has 4 aromatic heterocycles. The molecule has 0 saturated heterocycles. The van der Waals surface area contributed by atoms with Crippen LogP contribution in [0.25, 0.3) is 82.6 Å². The number of rotatable bonds is 3. The second-order valence-corrected chi connectivity index (χ2v) is 11.7. The van der Waals surface area contributed by atoms with Gasteiger partial charge in [-0.15, -0.1) is 0 Å². The molecule has 0 bridgehead atoms. The van der Waals surface area contributed by atoms with E-state index in [2.05, 4.69) is 159 Å². The minimum Gasteiger partial charge on any atom is -0.309 e. The summed E-state index contributed by atoms with van der Waals surface area (Å²) in [6.45, 7) is 0. The van der Waals surface area contributed by atoms with Crippen LogP contribution in [0.5, 0.6) is 0 Å². The Morgan fingerprint density at radius 3 is 1.58 bits per heavy atom. The first-order valence-corrected chi connectivity index (χ1v) is 15.3. The van der Waals surface area contributed by atoms with Gasteiger partial charge in [0.05, 0.1) is 27.6 Å². The van der Waals surface area contributed by atoms with Crippen molar-refractivity contribution in [2.75, 3.05) is 0 Å². The zero-order valence-corrected chi connectivity index (χ0v) is 24.3. The van der Waals surface area contributed by atoms with Gasteiger partial charge in [0.25, 0.3) is 0 Å². The van der Waals surface area contributed by atoms with E-state index in [1.165, 1.54) is 49.0 Å².